The fraction of sp³-hybridized carbons (Fsp3) is 0.333. The molecule has 0 aliphatic heterocycles. The molecule has 0 bridgehead atoms. The van der Waals surface area contributed by atoms with Crippen LogP contribution >= 0.6 is 11.8 Å². The lowest BCUT2D eigenvalue weighted by molar-refractivity contribution is 0.0957. The van der Waals surface area contributed by atoms with Crippen LogP contribution in [0.4, 0.5) is 5.69 Å². The number of carbonyl (C=O) groups is 1. The van der Waals surface area contributed by atoms with Gasteiger partial charge in [0.05, 0.1) is 17.4 Å². The van der Waals surface area contributed by atoms with Crippen LogP contribution in [0, 0.1) is 0 Å². The quantitative estimate of drug-likeness (QED) is 0.721. The standard InChI is InChI=1S/C9H13N3OS/c1-14-5-4-12-9(13)7-2-3-11-6-8(7)10/h2-3,6H,4-5,10H2,1H3,(H,12,13). The highest BCUT2D eigenvalue weighted by Crippen LogP contribution is 2.07. The van der Waals surface area contributed by atoms with E-state index >= 15 is 0 Å². The van der Waals surface area contributed by atoms with E-state index in [9.17, 15) is 4.79 Å². The van der Waals surface area contributed by atoms with Gasteiger partial charge in [-0.2, -0.15) is 11.8 Å². The lowest BCUT2D eigenvalue weighted by Gasteiger charge is -2.05. The minimum absolute atomic E-state index is 0.140. The minimum Gasteiger partial charge on any atom is -0.397 e. The summed E-state index contributed by atoms with van der Waals surface area (Å²) in [5.74, 6) is 0.760. The van der Waals surface area contributed by atoms with E-state index in [1.165, 1.54) is 6.20 Å². The SMILES string of the molecule is CSCCNC(=O)c1ccncc1N. The predicted octanol–water partition coefficient (Wildman–Crippen LogP) is 0.757. The van der Waals surface area contributed by atoms with Crippen molar-refractivity contribution < 1.29 is 4.79 Å². The van der Waals surface area contributed by atoms with Gasteiger partial charge >= 0.3 is 0 Å². The minimum atomic E-state index is -0.140. The first-order valence-corrected chi connectivity index (χ1v) is 5.61. The van der Waals surface area contributed by atoms with Crippen LogP contribution in [-0.2, 0) is 0 Å². The first-order valence-electron chi connectivity index (χ1n) is 4.22. The largest absolute Gasteiger partial charge is 0.397 e. The van der Waals surface area contributed by atoms with Gasteiger partial charge in [0.1, 0.15) is 0 Å². The normalized spacial score (nSPS) is 9.79. The Kier molecular flexibility index (Phi) is 4.25. The van der Waals surface area contributed by atoms with Gasteiger partial charge in [0, 0.05) is 18.5 Å². The van der Waals surface area contributed by atoms with E-state index in [-0.39, 0.29) is 5.91 Å². The summed E-state index contributed by atoms with van der Waals surface area (Å²) in [4.78, 5) is 15.3. The van der Waals surface area contributed by atoms with E-state index in [0.717, 1.165) is 5.75 Å². The molecule has 0 aliphatic rings. The summed E-state index contributed by atoms with van der Waals surface area (Å²) < 4.78 is 0. The van der Waals surface area contributed by atoms with Crippen LogP contribution in [0.2, 0.25) is 0 Å². The number of amides is 1. The zero-order valence-electron chi connectivity index (χ0n) is 7.99. The van der Waals surface area contributed by atoms with Gasteiger partial charge in [0.2, 0.25) is 0 Å². The molecule has 1 aromatic rings. The molecular weight excluding hydrogens is 198 g/mol. The van der Waals surface area contributed by atoms with Crippen molar-refractivity contribution in [2.75, 3.05) is 24.3 Å². The van der Waals surface area contributed by atoms with Crippen molar-refractivity contribution in [1.29, 1.82) is 0 Å². The molecule has 1 aromatic heterocycles. The maximum Gasteiger partial charge on any atom is 0.253 e. The van der Waals surface area contributed by atoms with Gasteiger partial charge in [0.15, 0.2) is 0 Å². The van der Waals surface area contributed by atoms with Crippen LogP contribution in [0.1, 0.15) is 10.4 Å². The van der Waals surface area contributed by atoms with Gasteiger partial charge in [-0.05, 0) is 12.3 Å². The fourth-order valence-corrected chi connectivity index (χ4v) is 1.28. The molecule has 0 saturated carbocycles. The number of carbonyl (C=O) groups excluding carboxylic acids is 1. The van der Waals surface area contributed by atoms with Gasteiger partial charge in [-0.25, -0.2) is 0 Å². The van der Waals surface area contributed by atoms with Crippen molar-refractivity contribution in [3.05, 3.63) is 24.0 Å². The maximum absolute atomic E-state index is 11.5. The zero-order valence-corrected chi connectivity index (χ0v) is 8.80. The summed E-state index contributed by atoms with van der Waals surface area (Å²) in [6.45, 7) is 0.655. The van der Waals surface area contributed by atoms with Gasteiger partial charge in [-0.3, -0.25) is 9.78 Å². The Balaban J connectivity index is 2.56. The van der Waals surface area contributed by atoms with Crippen LogP contribution in [0.5, 0.6) is 0 Å². The molecule has 0 radical (unpaired) electrons. The van der Waals surface area contributed by atoms with Crippen LogP contribution in [0.15, 0.2) is 18.5 Å². The number of rotatable bonds is 4. The van der Waals surface area contributed by atoms with Gasteiger partial charge in [0.25, 0.3) is 5.91 Å². The van der Waals surface area contributed by atoms with Crippen LogP contribution in [0.3, 0.4) is 0 Å². The van der Waals surface area contributed by atoms with Crippen LogP contribution in [-0.4, -0.2) is 29.4 Å². The molecule has 0 saturated heterocycles. The summed E-state index contributed by atoms with van der Waals surface area (Å²) in [6, 6.07) is 1.61. The monoisotopic (exact) mass is 211 g/mol. The highest BCUT2D eigenvalue weighted by molar-refractivity contribution is 7.98. The molecule has 0 aliphatic carbocycles. The summed E-state index contributed by atoms with van der Waals surface area (Å²) in [7, 11) is 0. The van der Waals surface area contributed by atoms with Crippen molar-refractivity contribution >= 4 is 23.4 Å². The van der Waals surface area contributed by atoms with Crippen molar-refractivity contribution in [3.63, 3.8) is 0 Å². The third-order valence-electron chi connectivity index (χ3n) is 1.69. The molecule has 3 N–H and O–H groups in total. The third-order valence-corrected chi connectivity index (χ3v) is 2.30. The average molecular weight is 211 g/mol. The number of thioether (sulfide) groups is 1. The molecule has 5 heteroatoms. The number of pyridine rings is 1. The smallest absolute Gasteiger partial charge is 0.253 e. The number of aromatic nitrogens is 1. The van der Waals surface area contributed by atoms with Crippen LogP contribution in [0.25, 0.3) is 0 Å². The Morgan fingerprint density at radius 3 is 3.14 bits per heavy atom. The summed E-state index contributed by atoms with van der Waals surface area (Å²) >= 11 is 1.68. The van der Waals surface area contributed by atoms with E-state index in [4.69, 9.17) is 5.73 Å². The zero-order chi connectivity index (χ0) is 10.4. The lowest BCUT2D eigenvalue weighted by atomic mass is 10.2. The summed E-state index contributed by atoms with van der Waals surface area (Å²) in [5.41, 5.74) is 6.50. The lowest BCUT2D eigenvalue weighted by Crippen LogP contribution is -2.26. The first kappa shape index (κ1) is 10.8. The van der Waals surface area contributed by atoms with Crippen molar-refractivity contribution in [1.82, 2.24) is 10.3 Å². The molecule has 76 valence electrons. The molecule has 0 unspecified atom stereocenters. The number of anilines is 1. The Labute approximate surface area is 87.3 Å². The summed E-state index contributed by atoms with van der Waals surface area (Å²) in [6.07, 6.45) is 5.02. The molecule has 0 aromatic carbocycles. The maximum atomic E-state index is 11.5. The predicted molar refractivity (Wildman–Crippen MR) is 59.4 cm³/mol. The van der Waals surface area contributed by atoms with E-state index in [1.807, 2.05) is 6.26 Å². The van der Waals surface area contributed by atoms with Gasteiger partial charge < -0.3 is 11.1 Å². The van der Waals surface area contributed by atoms with Gasteiger partial charge in [-0.15, -0.1) is 0 Å². The molecular formula is C9H13N3OS. The van der Waals surface area contributed by atoms with Crippen LogP contribution < -0.4 is 11.1 Å². The molecule has 14 heavy (non-hydrogen) atoms. The van der Waals surface area contributed by atoms with E-state index in [0.29, 0.717) is 17.8 Å². The Morgan fingerprint density at radius 2 is 2.50 bits per heavy atom. The van der Waals surface area contributed by atoms with Crippen molar-refractivity contribution in [2.24, 2.45) is 0 Å². The molecule has 1 heterocycles. The number of nitrogens with zero attached hydrogens (tertiary/aromatic N) is 1. The number of hydrogen-bond donors (Lipinski definition) is 2. The first-order chi connectivity index (χ1) is 6.75. The van der Waals surface area contributed by atoms with Crippen molar-refractivity contribution in [3.8, 4) is 0 Å². The topological polar surface area (TPSA) is 68.0 Å². The number of nitrogens with two attached hydrogens (primary N) is 1. The van der Waals surface area contributed by atoms with E-state index in [2.05, 4.69) is 10.3 Å². The molecule has 0 spiro atoms. The highest BCUT2D eigenvalue weighted by atomic mass is 32.2. The highest BCUT2D eigenvalue weighted by Gasteiger charge is 2.07. The van der Waals surface area contributed by atoms with Crippen molar-refractivity contribution in [2.45, 2.75) is 0 Å². The summed E-state index contributed by atoms with van der Waals surface area (Å²) in [5, 5.41) is 2.77. The average Bonchev–Trinajstić information content (AvgIpc) is 2.18. The second-order valence-corrected chi connectivity index (χ2v) is 3.70. The Morgan fingerprint density at radius 1 is 1.71 bits per heavy atom. The molecule has 1 rings (SSSR count). The Hall–Kier alpha value is -1.23. The second-order valence-electron chi connectivity index (χ2n) is 2.71. The number of hydrogen-bond acceptors (Lipinski definition) is 4. The van der Waals surface area contributed by atoms with E-state index < -0.39 is 0 Å². The molecule has 1 amide bonds. The van der Waals surface area contributed by atoms with E-state index in [1.54, 1.807) is 24.0 Å². The molecule has 4 nitrogen and oxygen atoms in total. The Bertz CT molecular complexity index is 317. The second kappa shape index (κ2) is 5.49. The molecule has 0 fully saturated rings. The number of nitrogens with one attached hydrogen (secondary N) is 1. The molecule has 0 atom stereocenters. The fourth-order valence-electron chi connectivity index (χ4n) is 0.975. The van der Waals surface area contributed by atoms with Gasteiger partial charge in [-0.1, -0.05) is 0 Å². The third kappa shape index (κ3) is 2.92. The number of nitrogen functional groups attached to an aromatic ring is 1.